The van der Waals surface area contributed by atoms with Crippen molar-refractivity contribution in [1.29, 1.82) is 0 Å². The van der Waals surface area contributed by atoms with Crippen molar-refractivity contribution in [2.24, 2.45) is 17.3 Å². The Labute approximate surface area is 180 Å². The summed E-state index contributed by atoms with van der Waals surface area (Å²) in [5.74, 6) is 0.605. The molecule has 3 aromatic rings. The van der Waals surface area contributed by atoms with Crippen molar-refractivity contribution in [3.8, 4) is 11.3 Å². The molecule has 156 valence electrons. The molecule has 1 aromatic carbocycles. The number of hydrogen-bond acceptors (Lipinski definition) is 5. The first-order valence-electron chi connectivity index (χ1n) is 10.9. The van der Waals surface area contributed by atoms with Crippen molar-refractivity contribution in [1.82, 2.24) is 9.97 Å². The van der Waals surface area contributed by atoms with Crippen LogP contribution in [-0.4, -0.2) is 28.1 Å². The van der Waals surface area contributed by atoms with Gasteiger partial charge in [0, 0.05) is 35.8 Å². The number of para-hydroxylation sites is 1. The first-order valence-corrected chi connectivity index (χ1v) is 10.9. The largest absolute Gasteiger partial charge is 0.370 e. The molecule has 3 aliphatic carbocycles. The number of ketones is 2. The van der Waals surface area contributed by atoms with Crippen molar-refractivity contribution in [3.63, 3.8) is 0 Å². The lowest BCUT2D eigenvalue weighted by Crippen LogP contribution is -2.20. The smallest absolute Gasteiger partial charge is 0.183 e. The molecule has 2 fully saturated rings. The number of anilines is 3. The third kappa shape index (κ3) is 3.14. The molecule has 1 unspecified atom stereocenters. The lowest BCUT2D eigenvalue weighted by Gasteiger charge is -2.14. The molecule has 0 spiro atoms. The zero-order valence-electron chi connectivity index (χ0n) is 17.4. The zero-order chi connectivity index (χ0) is 21.2. The summed E-state index contributed by atoms with van der Waals surface area (Å²) in [5, 5.41) is 6.85. The minimum absolute atomic E-state index is 0.0519. The lowest BCUT2D eigenvalue weighted by atomic mass is 9.94. The number of carbonyl (C=O) groups excluding carboxylic acids is 2. The van der Waals surface area contributed by atoms with Crippen LogP contribution in [0.25, 0.3) is 11.3 Å². The minimum Gasteiger partial charge on any atom is -0.370 e. The number of carbonyl (C=O) groups is 2. The summed E-state index contributed by atoms with van der Waals surface area (Å²) in [6.45, 7) is 3.16. The summed E-state index contributed by atoms with van der Waals surface area (Å²) >= 11 is 0. The highest BCUT2D eigenvalue weighted by Gasteiger charge is 2.55. The standard InChI is InChI=1S/C25H24N4O2/c1-25(8-9-25)13-27-18-11-14(7-10-26-18)20-21(28-15-5-3-2-4-6-15)19-22(29-20)24(31)17-12-16(17)23(19)30/h2-7,10-11,16-17,28-29H,8-9,12-13H2,1H3,(H,26,27)/t16-,17?/m1/s1. The quantitative estimate of drug-likeness (QED) is 0.528. The SMILES string of the molecule is CC1(CNc2cc(-c3[nH]c4c(c3Nc3ccccc3)C(=O)[C@@H]3CC3C4=O)ccn2)CC1. The van der Waals surface area contributed by atoms with Crippen LogP contribution in [0.4, 0.5) is 17.2 Å². The van der Waals surface area contributed by atoms with E-state index in [2.05, 4.69) is 27.5 Å². The van der Waals surface area contributed by atoms with Gasteiger partial charge in [0.05, 0.1) is 22.6 Å². The molecular formula is C25H24N4O2. The maximum Gasteiger partial charge on any atom is 0.183 e. The van der Waals surface area contributed by atoms with E-state index >= 15 is 0 Å². The fraction of sp³-hybridized carbons (Fsp3) is 0.320. The maximum absolute atomic E-state index is 13.1. The van der Waals surface area contributed by atoms with Crippen molar-refractivity contribution >= 4 is 28.8 Å². The highest BCUT2D eigenvalue weighted by atomic mass is 16.1. The van der Waals surface area contributed by atoms with Crippen LogP contribution in [0.15, 0.2) is 48.7 Å². The molecule has 31 heavy (non-hydrogen) atoms. The minimum atomic E-state index is -0.158. The second kappa shape index (κ2) is 6.54. The van der Waals surface area contributed by atoms with Crippen LogP contribution in [-0.2, 0) is 0 Å². The molecule has 0 amide bonds. The van der Waals surface area contributed by atoms with E-state index in [1.807, 2.05) is 42.5 Å². The summed E-state index contributed by atoms with van der Waals surface area (Å²) in [5.41, 5.74) is 4.49. The second-order valence-electron chi connectivity index (χ2n) is 9.39. The summed E-state index contributed by atoms with van der Waals surface area (Å²) in [4.78, 5) is 33.8. The molecule has 2 atom stereocenters. The monoisotopic (exact) mass is 412 g/mol. The summed E-state index contributed by atoms with van der Waals surface area (Å²) in [6.07, 6.45) is 4.91. The molecule has 0 aliphatic heterocycles. The van der Waals surface area contributed by atoms with Crippen molar-refractivity contribution in [3.05, 3.63) is 59.9 Å². The molecule has 2 aromatic heterocycles. The Bertz CT molecular complexity index is 1210. The number of rotatable bonds is 6. The first kappa shape index (κ1) is 18.4. The number of aromatic nitrogens is 2. The van der Waals surface area contributed by atoms with Crippen LogP contribution in [0.3, 0.4) is 0 Å². The van der Waals surface area contributed by atoms with Gasteiger partial charge in [-0.2, -0.15) is 0 Å². The van der Waals surface area contributed by atoms with Gasteiger partial charge in [0.25, 0.3) is 0 Å². The molecule has 6 heteroatoms. The van der Waals surface area contributed by atoms with Gasteiger partial charge < -0.3 is 15.6 Å². The molecule has 0 radical (unpaired) electrons. The van der Waals surface area contributed by atoms with E-state index in [9.17, 15) is 9.59 Å². The van der Waals surface area contributed by atoms with Crippen LogP contribution in [0.2, 0.25) is 0 Å². The van der Waals surface area contributed by atoms with Gasteiger partial charge in [-0.25, -0.2) is 4.98 Å². The van der Waals surface area contributed by atoms with Gasteiger partial charge in [0.1, 0.15) is 5.82 Å². The number of nitrogens with one attached hydrogen (secondary N) is 3. The summed E-state index contributed by atoms with van der Waals surface area (Å²) in [6, 6.07) is 13.6. The maximum atomic E-state index is 13.1. The Balaban J connectivity index is 1.43. The fourth-order valence-electron chi connectivity index (χ4n) is 4.46. The van der Waals surface area contributed by atoms with E-state index in [0.29, 0.717) is 28.8 Å². The first-order chi connectivity index (χ1) is 15.0. The van der Waals surface area contributed by atoms with Gasteiger partial charge in [-0.15, -0.1) is 0 Å². The Morgan fingerprint density at radius 3 is 2.61 bits per heavy atom. The van der Waals surface area contributed by atoms with Crippen molar-refractivity contribution in [2.45, 2.75) is 26.2 Å². The van der Waals surface area contributed by atoms with E-state index in [1.165, 1.54) is 12.8 Å². The molecular weight excluding hydrogens is 388 g/mol. The molecule has 3 N–H and O–H groups in total. The highest BCUT2D eigenvalue weighted by Crippen LogP contribution is 2.51. The molecule has 6 nitrogen and oxygen atoms in total. The average molecular weight is 412 g/mol. The van der Waals surface area contributed by atoms with Crippen LogP contribution >= 0.6 is 0 Å². The van der Waals surface area contributed by atoms with E-state index in [-0.39, 0.29) is 23.4 Å². The second-order valence-corrected chi connectivity index (χ2v) is 9.39. The number of benzene rings is 1. The number of fused-ring (bicyclic) bond motifs is 2. The third-order valence-electron chi connectivity index (χ3n) is 6.85. The van der Waals surface area contributed by atoms with Crippen LogP contribution in [0, 0.1) is 17.3 Å². The number of aromatic amines is 1. The van der Waals surface area contributed by atoms with Crippen LogP contribution in [0.5, 0.6) is 0 Å². The Kier molecular flexibility index (Phi) is 3.88. The van der Waals surface area contributed by atoms with Crippen LogP contribution in [0.1, 0.15) is 47.0 Å². The van der Waals surface area contributed by atoms with Crippen LogP contribution < -0.4 is 10.6 Å². The van der Waals surface area contributed by atoms with E-state index in [0.717, 1.165) is 29.3 Å². The molecule has 2 saturated carbocycles. The molecule has 6 rings (SSSR count). The molecule has 0 bridgehead atoms. The molecule has 0 saturated heterocycles. The number of nitrogens with zero attached hydrogens (tertiary/aromatic N) is 1. The van der Waals surface area contributed by atoms with Crippen molar-refractivity contribution in [2.75, 3.05) is 17.2 Å². The van der Waals surface area contributed by atoms with Gasteiger partial charge in [-0.05, 0) is 48.9 Å². The van der Waals surface area contributed by atoms with Gasteiger partial charge in [0.2, 0.25) is 0 Å². The van der Waals surface area contributed by atoms with Crippen molar-refractivity contribution < 1.29 is 9.59 Å². The average Bonchev–Trinajstić information content (AvgIpc) is 3.70. The summed E-state index contributed by atoms with van der Waals surface area (Å²) in [7, 11) is 0. The number of Topliss-reactive ketones (excluding diaryl/α,β-unsaturated/α-hetero) is 2. The van der Waals surface area contributed by atoms with Gasteiger partial charge in [0.15, 0.2) is 11.6 Å². The fourth-order valence-corrected chi connectivity index (χ4v) is 4.46. The predicted molar refractivity (Wildman–Crippen MR) is 120 cm³/mol. The van der Waals surface area contributed by atoms with E-state index < -0.39 is 0 Å². The summed E-state index contributed by atoms with van der Waals surface area (Å²) < 4.78 is 0. The normalized spacial score (nSPS) is 22.5. The molecule has 3 aliphatic rings. The Morgan fingerprint density at radius 2 is 1.84 bits per heavy atom. The van der Waals surface area contributed by atoms with Gasteiger partial charge in [-0.1, -0.05) is 25.1 Å². The number of hydrogen-bond donors (Lipinski definition) is 3. The zero-order valence-corrected chi connectivity index (χ0v) is 17.4. The third-order valence-corrected chi connectivity index (χ3v) is 6.85. The van der Waals surface area contributed by atoms with E-state index in [1.54, 1.807) is 6.20 Å². The van der Waals surface area contributed by atoms with E-state index in [4.69, 9.17) is 0 Å². The van der Waals surface area contributed by atoms with Gasteiger partial charge in [-0.3, -0.25) is 9.59 Å². The topological polar surface area (TPSA) is 86.9 Å². The Morgan fingerprint density at radius 1 is 1.06 bits per heavy atom. The van der Waals surface area contributed by atoms with Gasteiger partial charge >= 0.3 is 0 Å². The number of pyridine rings is 1. The Hall–Kier alpha value is -3.41. The number of H-pyrrole nitrogens is 1. The lowest BCUT2D eigenvalue weighted by molar-refractivity contribution is 0.0876. The molecule has 2 heterocycles. The highest BCUT2D eigenvalue weighted by molar-refractivity contribution is 6.22. The predicted octanol–water partition coefficient (Wildman–Crippen LogP) is 5.05.